The van der Waals surface area contributed by atoms with Crippen molar-refractivity contribution >= 4 is 17.4 Å². The Morgan fingerprint density at radius 2 is 1.91 bits per heavy atom. The van der Waals surface area contributed by atoms with Crippen LogP contribution in [0.5, 0.6) is 0 Å². The largest absolute Gasteiger partial charge is 0.381 e. The van der Waals surface area contributed by atoms with Crippen LogP contribution < -0.4 is 16.0 Å². The van der Waals surface area contributed by atoms with Crippen LogP contribution in [0.3, 0.4) is 0 Å². The maximum atomic E-state index is 11.9. The number of carbonyl (C=O) groups is 1. The maximum absolute atomic E-state index is 11.9. The number of hydrogen-bond acceptors (Lipinski definition) is 8. The lowest BCUT2D eigenvalue weighted by molar-refractivity contribution is 0.100. The number of aryl methyl sites for hydroxylation is 1. The second-order valence-electron chi connectivity index (χ2n) is 7.83. The summed E-state index contributed by atoms with van der Waals surface area (Å²) in [6.45, 7) is 3.53. The average molecular weight is 429 g/mol. The minimum atomic E-state index is -0.513. The summed E-state index contributed by atoms with van der Waals surface area (Å²) >= 11 is 0. The van der Waals surface area contributed by atoms with E-state index in [2.05, 4.69) is 36.2 Å². The third-order valence-corrected chi connectivity index (χ3v) is 5.48. The van der Waals surface area contributed by atoms with Crippen LogP contribution in [0.4, 0.5) is 11.5 Å². The molecule has 0 bridgehead atoms. The van der Waals surface area contributed by atoms with E-state index in [1.807, 2.05) is 19.1 Å². The predicted molar refractivity (Wildman–Crippen MR) is 120 cm³/mol. The predicted octanol–water partition coefficient (Wildman–Crippen LogP) is 2.22. The number of hydrogen-bond donors (Lipinski definition) is 2. The molecular weight excluding hydrogens is 404 g/mol. The van der Waals surface area contributed by atoms with Crippen molar-refractivity contribution in [2.75, 3.05) is 23.3 Å². The molecule has 3 N–H and O–H groups in total. The zero-order valence-corrected chi connectivity index (χ0v) is 17.8. The first-order chi connectivity index (χ1) is 15.5. The molecule has 9 nitrogen and oxygen atoms in total. The number of nitrogens with two attached hydrogens (primary N) is 1. The smallest absolute Gasteiger partial charge is 0.252 e. The number of nitrogens with zero attached hydrogens (tertiary/aromatic N) is 6. The van der Waals surface area contributed by atoms with E-state index in [9.17, 15) is 4.79 Å². The molecule has 1 fully saturated rings. The number of piperidine rings is 1. The van der Waals surface area contributed by atoms with Crippen LogP contribution in [0.2, 0.25) is 0 Å². The topological polar surface area (TPSA) is 134 Å². The molecule has 0 saturated carbocycles. The summed E-state index contributed by atoms with van der Waals surface area (Å²) in [5.74, 6) is 0.353. The monoisotopic (exact) mass is 428 g/mol. The fourth-order valence-electron chi connectivity index (χ4n) is 3.72. The number of anilines is 2. The van der Waals surface area contributed by atoms with Crippen LogP contribution in [0, 0.1) is 18.3 Å². The van der Waals surface area contributed by atoms with Crippen molar-refractivity contribution in [3.05, 3.63) is 71.2 Å². The van der Waals surface area contributed by atoms with Crippen molar-refractivity contribution in [1.82, 2.24) is 19.9 Å². The van der Waals surface area contributed by atoms with E-state index in [0.29, 0.717) is 23.2 Å². The second kappa shape index (κ2) is 9.39. The Kier molecular flexibility index (Phi) is 6.22. The number of pyridine rings is 2. The zero-order chi connectivity index (χ0) is 22.5. The van der Waals surface area contributed by atoms with Gasteiger partial charge < -0.3 is 16.0 Å². The van der Waals surface area contributed by atoms with Crippen LogP contribution >= 0.6 is 0 Å². The number of rotatable bonds is 6. The van der Waals surface area contributed by atoms with Crippen LogP contribution in [0.1, 0.15) is 45.8 Å². The fraction of sp³-hybridized carbons (Fsp3) is 0.304. The van der Waals surface area contributed by atoms with Crippen molar-refractivity contribution < 1.29 is 4.79 Å². The zero-order valence-electron chi connectivity index (χ0n) is 17.8. The Labute approximate surface area is 186 Å². The fourth-order valence-corrected chi connectivity index (χ4v) is 3.72. The number of amides is 1. The summed E-state index contributed by atoms with van der Waals surface area (Å²) < 4.78 is 0. The first-order valence-electron chi connectivity index (χ1n) is 10.5. The second-order valence-corrected chi connectivity index (χ2v) is 7.83. The van der Waals surface area contributed by atoms with Gasteiger partial charge in [-0.1, -0.05) is 0 Å². The highest BCUT2D eigenvalue weighted by atomic mass is 16.1. The molecule has 1 aliphatic heterocycles. The third-order valence-electron chi connectivity index (χ3n) is 5.48. The van der Waals surface area contributed by atoms with Gasteiger partial charge in [-0.3, -0.25) is 19.7 Å². The number of primary amides is 1. The van der Waals surface area contributed by atoms with Gasteiger partial charge >= 0.3 is 0 Å². The van der Waals surface area contributed by atoms with Gasteiger partial charge in [0.2, 0.25) is 0 Å². The molecule has 1 aliphatic rings. The molecule has 162 valence electrons. The number of nitrogens with one attached hydrogen (secondary N) is 1. The third kappa shape index (κ3) is 4.98. The van der Waals surface area contributed by atoms with Crippen LogP contribution in [0.25, 0.3) is 0 Å². The minimum absolute atomic E-state index is 0.192. The SMILES string of the molecule is Cc1cnc(Cc2cc(NC3CCN(c4ccc(C#N)cn4)CC3)c(C(N)=O)cn2)cn1. The summed E-state index contributed by atoms with van der Waals surface area (Å²) in [5.41, 5.74) is 9.65. The molecule has 9 heteroatoms. The van der Waals surface area contributed by atoms with Crippen molar-refractivity contribution in [1.29, 1.82) is 5.26 Å². The van der Waals surface area contributed by atoms with Crippen LogP contribution in [-0.2, 0) is 6.42 Å². The highest BCUT2D eigenvalue weighted by Crippen LogP contribution is 2.24. The highest BCUT2D eigenvalue weighted by Gasteiger charge is 2.22. The lowest BCUT2D eigenvalue weighted by Gasteiger charge is -2.34. The molecule has 0 aliphatic carbocycles. The highest BCUT2D eigenvalue weighted by molar-refractivity contribution is 5.98. The van der Waals surface area contributed by atoms with Gasteiger partial charge in [0.15, 0.2) is 0 Å². The summed E-state index contributed by atoms with van der Waals surface area (Å²) in [7, 11) is 0. The molecule has 3 aromatic rings. The molecule has 4 heterocycles. The Morgan fingerprint density at radius 1 is 1.12 bits per heavy atom. The van der Waals surface area contributed by atoms with E-state index in [4.69, 9.17) is 11.0 Å². The van der Waals surface area contributed by atoms with Crippen molar-refractivity contribution in [2.24, 2.45) is 5.73 Å². The van der Waals surface area contributed by atoms with Crippen molar-refractivity contribution in [2.45, 2.75) is 32.2 Å². The summed E-state index contributed by atoms with van der Waals surface area (Å²) in [5, 5.41) is 12.4. The molecule has 0 unspecified atom stereocenters. The Morgan fingerprint density at radius 3 is 2.53 bits per heavy atom. The quantitative estimate of drug-likeness (QED) is 0.610. The van der Waals surface area contributed by atoms with Crippen LogP contribution in [-0.4, -0.2) is 45.0 Å². The van der Waals surface area contributed by atoms with Gasteiger partial charge in [-0.2, -0.15) is 5.26 Å². The number of carbonyl (C=O) groups excluding carboxylic acids is 1. The summed E-state index contributed by atoms with van der Waals surface area (Å²) in [6, 6.07) is 7.81. The average Bonchev–Trinajstić information content (AvgIpc) is 2.81. The molecule has 0 aromatic carbocycles. The van der Waals surface area contributed by atoms with Gasteiger partial charge in [0, 0.05) is 56.0 Å². The minimum Gasteiger partial charge on any atom is -0.381 e. The number of nitriles is 1. The lowest BCUT2D eigenvalue weighted by atomic mass is 10.0. The summed E-state index contributed by atoms with van der Waals surface area (Å²) in [4.78, 5) is 31.6. The Bertz CT molecular complexity index is 1130. The van der Waals surface area contributed by atoms with E-state index < -0.39 is 5.91 Å². The molecule has 0 radical (unpaired) electrons. The Balaban J connectivity index is 1.44. The standard InChI is InChI=1S/C23H24N8O/c1-15-11-27-19(13-26-15)8-18-9-21(20(14-28-18)23(25)32)30-17-4-6-31(7-5-17)22-3-2-16(10-24)12-29-22/h2-3,9,11-14,17H,4-8H2,1H3,(H2,25,32)(H,28,30). The maximum Gasteiger partial charge on any atom is 0.252 e. The van der Waals surface area contributed by atoms with Crippen molar-refractivity contribution in [3.8, 4) is 6.07 Å². The molecule has 0 atom stereocenters. The molecule has 4 rings (SSSR count). The molecule has 3 aromatic heterocycles. The molecule has 1 amide bonds. The molecule has 1 saturated heterocycles. The van der Waals surface area contributed by atoms with Crippen LogP contribution in [0.15, 0.2) is 43.0 Å². The van der Waals surface area contributed by atoms with Crippen molar-refractivity contribution in [3.63, 3.8) is 0 Å². The van der Waals surface area contributed by atoms with Gasteiger partial charge in [-0.15, -0.1) is 0 Å². The molecule has 0 spiro atoms. The van der Waals surface area contributed by atoms with E-state index in [1.54, 1.807) is 24.7 Å². The van der Waals surface area contributed by atoms with Gasteiger partial charge in [-0.25, -0.2) is 4.98 Å². The van der Waals surface area contributed by atoms with Gasteiger partial charge in [0.25, 0.3) is 5.91 Å². The summed E-state index contributed by atoms with van der Waals surface area (Å²) in [6.07, 6.45) is 8.85. The van der Waals surface area contributed by atoms with E-state index >= 15 is 0 Å². The van der Waals surface area contributed by atoms with E-state index in [0.717, 1.165) is 48.8 Å². The van der Waals surface area contributed by atoms with E-state index in [-0.39, 0.29) is 6.04 Å². The Hall–Kier alpha value is -4.06. The molecular formula is C23H24N8O. The first kappa shape index (κ1) is 21.2. The molecule has 32 heavy (non-hydrogen) atoms. The normalized spacial score (nSPS) is 14.1. The van der Waals surface area contributed by atoms with E-state index in [1.165, 1.54) is 6.20 Å². The number of aromatic nitrogens is 4. The van der Waals surface area contributed by atoms with Gasteiger partial charge in [-0.05, 0) is 38.0 Å². The van der Waals surface area contributed by atoms with Gasteiger partial charge in [0.1, 0.15) is 11.9 Å². The lowest BCUT2D eigenvalue weighted by Crippen LogP contribution is -2.39. The van der Waals surface area contributed by atoms with Gasteiger partial charge in [0.05, 0.1) is 28.2 Å². The first-order valence-corrected chi connectivity index (χ1v) is 10.5.